The minimum atomic E-state index is -0.671. The molecule has 1 aliphatic heterocycles. The van der Waals surface area contributed by atoms with Crippen LogP contribution in [0.3, 0.4) is 0 Å². The molecule has 1 aromatic rings. The number of rotatable bonds is 2. The maximum atomic E-state index is 11.3. The van der Waals surface area contributed by atoms with Crippen LogP contribution >= 0.6 is 0 Å². The highest BCUT2D eigenvalue weighted by Crippen LogP contribution is 2.23. The average Bonchev–Trinajstić information content (AvgIpc) is 2.57. The Kier molecular flexibility index (Phi) is 2.74. The Morgan fingerprint density at radius 2 is 2.06 bits per heavy atom. The minimum Gasteiger partial charge on any atom is -0.386 e. The zero-order valence-electron chi connectivity index (χ0n) is 9.02. The van der Waals surface area contributed by atoms with Gasteiger partial charge in [-0.25, -0.2) is 9.59 Å². The van der Waals surface area contributed by atoms with E-state index in [9.17, 15) is 14.4 Å². The number of amides is 1. The lowest BCUT2D eigenvalue weighted by atomic mass is 10.1. The van der Waals surface area contributed by atoms with Crippen LogP contribution in [0.4, 0.5) is 5.69 Å². The van der Waals surface area contributed by atoms with Crippen LogP contribution in [0.5, 0.6) is 0 Å². The first-order chi connectivity index (χ1) is 8.06. The molecule has 1 heterocycles. The van der Waals surface area contributed by atoms with E-state index in [4.69, 9.17) is 0 Å². The highest BCUT2D eigenvalue weighted by atomic mass is 16.6. The van der Waals surface area contributed by atoms with Crippen LogP contribution in [0.1, 0.15) is 12.5 Å². The second-order valence-corrected chi connectivity index (χ2v) is 3.53. The molecule has 0 fully saturated rings. The van der Waals surface area contributed by atoms with Gasteiger partial charge >= 0.3 is 11.9 Å². The summed E-state index contributed by atoms with van der Waals surface area (Å²) in [6, 6.07) is 6.63. The fourth-order valence-corrected chi connectivity index (χ4v) is 1.52. The van der Waals surface area contributed by atoms with Gasteiger partial charge in [-0.2, -0.15) is 0 Å². The van der Waals surface area contributed by atoms with Crippen LogP contribution in [0.2, 0.25) is 0 Å². The van der Waals surface area contributed by atoms with Gasteiger partial charge in [0.25, 0.3) is 0 Å². The first-order valence-electron chi connectivity index (χ1n) is 4.92. The zero-order valence-corrected chi connectivity index (χ0v) is 9.02. The molecule has 0 aromatic heterocycles. The maximum absolute atomic E-state index is 11.3. The normalized spacial score (nSPS) is 14.3. The van der Waals surface area contributed by atoms with E-state index < -0.39 is 11.9 Å². The molecule has 86 valence electrons. The number of hydrogen-bond donors (Lipinski definition) is 1. The second-order valence-electron chi connectivity index (χ2n) is 3.53. The minimum absolute atomic E-state index is 0.196. The van der Waals surface area contributed by atoms with E-state index in [1.807, 2.05) is 0 Å². The first kappa shape index (κ1) is 11.1. The third kappa shape index (κ3) is 2.39. The summed E-state index contributed by atoms with van der Waals surface area (Å²) >= 11 is 0. The standard InChI is InChI=1S/C12H9NO4/c1-7(14)13-9-4-2-3-8(5-9)10-6-11(15)17-12(10)16/h2-6H,1H3,(H,13,14). The molecular weight excluding hydrogens is 222 g/mol. The Balaban J connectivity index is 2.34. The van der Waals surface area contributed by atoms with Crippen LogP contribution in [0.25, 0.3) is 5.57 Å². The zero-order chi connectivity index (χ0) is 12.4. The lowest BCUT2D eigenvalue weighted by Gasteiger charge is -2.04. The Morgan fingerprint density at radius 1 is 1.29 bits per heavy atom. The molecule has 1 aliphatic rings. The molecule has 5 nitrogen and oxygen atoms in total. The SMILES string of the molecule is CC(=O)Nc1cccc(C2=CC(=O)OC2=O)c1. The summed E-state index contributed by atoms with van der Waals surface area (Å²) in [7, 11) is 0. The highest BCUT2D eigenvalue weighted by molar-refractivity contribution is 6.28. The summed E-state index contributed by atoms with van der Waals surface area (Å²) in [5, 5.41) is 2.59. The molecule has 0 saturated heterocycles. The summed E-state index contributed by atoms with van der Waals surface area (Å²) in [5.41, 5.74) is 1.29. The van der Waals surface area contributed by atoms with Crippen molar-refractivity contribution in [2.24, 2.45) is 0 Å². The molecule has 1 aromatic carbocycles. The van der Waals surface area contributed by atoms with Crippen LogP contribution in [0, 0.1) is 0 Å². The molecule has 0 aliphatic carbocycles. The number of benzene rings is 1. The first-order valence-corrected chi connectivity index (χ1v) is 4.92. The van der Waals surface area contributed by atoms with Crippen LogP contribution in [0.15, 0.2) is 30.3 Å². The fourth-order valence-electron chi connectivity index (χ4n) is 1.52. The molecular formula is C12H9NO4. The second kappa shape index (κ2) is 4.21. The topological polar surface area (TPSA) is 72.5 Å². The Labute approximate surface area is 97.1 Å². The van der Waals surface area contributed by atoms with Crippen molar-refractivity contribution in [3.63, 3.8) is 0 Å². The number of anilines is 1. The predicted octanol–water partition coefficient (Wildman–Crippen LogP) is 1.11. The van der Waals surface area contributed by atoms with Crippen molar-refractivity contribution in [1.82, 2.24) is 0 Å². The molecule has 0 atom stereocenters. The summed E-state index contributed by atoms with van der Waals surface area (Å²) < 4.78 is 4.39. The Hall–Kier alpha value is -2.43. The molecule has 0 saturated carbocycles. The number of esters is 2. The van der Waals surface area contributed by atoms with Gasteiger partial charge in [0.05, 0.1) is 5.57 Å². The molecule has 2 rings (SSSR count). The number of carbonyl (C=O) groups excluding carboxylic acids is 3. The Morgan fingerprint density at radius 3 is 2.65 bits per heavy atom. The van der Waals surface area contributed by atoms with Gasteiger partial charge in [-0.1, -0.05) is 12.1 Å². The van der Waals surface area contributed by atoms with Crippen LogP contribution in [-0.2, 0) is 19.1 Å². The predicted molar refractivity (Wildman–Crippen MR) is 59.8 cm³/mol. The molecule has 17 heavy (non-hydrogen) atoms. The van der Waals surface area contributed by atoms with E-state index >= 15 is 0 Å². The van der Waals surface area contributed by atoms with Crippen molar-refractivity contribution in [3.05, 3.63) is 35.9 Å². The summed E-state index contributed by atoms with van der Waals surface area (Å²) in [6.45, 7) is 1.39. The van der Waals surface area contributed by atoms with Crippen molar-refractivity contribution >= 4 is 29.1 Å². The van der Waals surface area contributed by atoms with E-state index in [2.05, 4.69) is 10.1 Å². The smallest absolute Gasteiger partial charge is 0.346 e. The van der Waals surface area contributed by atoms with Gasteiger partial charge in [0.15, 0.2) is 0 Å². The monoisotopic (exact) mass is 231 g/mol. The van der Waals surface area contributed by atoms with E-state index in [0.29, 0.717) is 11.3 Å². The van der Waals surface area contributed by atoms with E-state index in [1.165, 1.54) is 6.92 Å². The quantitative estimate of drug-likeness (QED) is 0.611. The highest BCUT2D eigenvalue weighted by Gasteiger charge is 2.24. The van der Waals surface area contributed by atoms with Gasteiger partial charge < -0.3 is 10.1 Å². The van der Waals surface area contributed by atoms with E-state index in [-0.39, 0.29) is 11.5 Å². The fraction of sp³-hybridized carbons (Fsp3) is 0.0833. The molecule has 1 N–H and O–H groups in total. The van der Waals surface area contributed by atoms with Crippen molar-refractivity contribution in [2.75, 3.05) is 5.32 Å². The number of carbonyl (C=O) groups is 3. The summed E-state index contributed by atoms with van der Waals surface area (Å²) in [4.78, 5) is 33.1. The third-order valence-corrected chi connectivity index (χ3v) is 2.17. The maximum Gasteiger partial charge on any atom is 0.346 e. The molecule has 0 radical (unpaired) electrons. The van der Waals surface area contributed by atoms with Gasteiger partial charge in [0.1, 0.15) is 0 Å². The largest absolute Gasteiger partial charge is 0.386 e. The van der Waals surface area contributed by atoms with E-state index in [1.54, 1.807) is 24.3 Å². The molecule has 5 heteroatoms. The van der Waals surface area contributed by atoms with Gasteiger partial charge in [0.2, 0.25) is 5.91 Å². The summed E-state index contributed by atoms with van der Waals surface area (Å²) in [5.74, 6) is -1.55. The number of nitrogens with one attached hydrogen (secondary N) is 1. The van der Waals surface area contributed by atoms with Crippen LogP contribution in [-0.4, -0.2) is 17.8 Å². The van der Waals surface area contributed by atoms with Gasteiger partial charge in [-0.05, 0) is 17.7 Å². The lowest BCUT2D eigenvalue weighted by molar-refractivity contribution is -0.149. The number of ether oxygens (including phenoxy) is 1. The van der Waals surface area contributed by atoms with Gasteiger partial charge in [-0.3, -0.25) is 4.79 Å². The van der Waals surface area contributed by atoms with E-state index in [0.717, 1.165) is 6.08 Å². The van der Waals surface area contributed by atoms with Crippen molar-refractivity contribution in [3.8, 4) is 0 Å². The molecule has 0 bridgehead atoms. The third-order valence-electron chi connectivity index (χ3n) is 2.17. The van der Waals surface area contributed by atoms with Crippen LogP contribution < -0.4 is 5.32 Å². The van der Waals surface area contributed by atoms with Crippen molar-refractivity contribution in [2.45, 2.75) is 6.92 Å². The van der Waals surface area contributed by atoms with Gasteiger partial charge in [0, 0.05) is 18.7 Å². The Bertz CT molecular complexity index is 545. The average molecular weight is 231 g/mol. The number of cyclic esters (lactones) is 2. The van der Waals surface area contributed by atoms with Crippen molar-refractivity contribution in [1.29, 1.82) is 0 Å². The lowest BCUT2D eigenvalue weighted by Crippen LogP contribution is -2.06. The number of hydrogen-bond acceptors (Lipinski definition) is 4. The molecule has 0 unspecified atom stereocenters. The summed E-state index contributed by atoms with van der Waals surface area (Å²) in [6.07, 6.45) is 1.13. The molecule has 0 spiro atoms. The molecule has 1 amide bonds. The van der Waals surface area contributed by atoms with Gasteiger partial charge in [-0.15, -0.1) is 0 Å². The van der Waals surface area contributed by atoms with Crippen molar-refractivity contribution < 1.29 is 19.1 Å².